The average Bonchev–Trinajstić information content (AvgIpc) is 3.53. The molecule has 6 rings (SSSR count). The van der Waals surface area contributed by atoms with Gasteiger partial charge in [-0.1, -0.05) is 22.9 Å². The number of methoxy groups -OCH3 is 1. The van der Waals surface area contributed by atoms with Crippen molar-refractivity contribution in [1.29, 1.82) is 0 Å². The molecule has 0 fully saturated rings. The Kier molecular flexibility index (Phi) is 4.03. The third-order valence-corrected chi connectivity index (χ3v) is 5.64. The fourth-order valence-corrected chi connectivity index (χ4v) is 4.10. The summed E-state index contributed by atoms with van der Waals surface area (Å²) in [7, 11) is 1.59. The van der Waals surface area contributed by atoms with Crippen LogP contribution in [0.4, 0.5) is 0 Å². The van der Waals surface area contributed by atoms with Crippen LogP contribution in [0.1, 0.15) is 28.9 Å². The number of halogens is 1. The van der Waals surface area contributed by atoms with E-state index in [-0.39, 0.29) is 6.10 Å². The zero-order valence-electron chi connectivity index (χ0n) is 16.4. The number of fused-ring (bicyclic) bond motifs is 5. The maximum atomic E-state index is 6.25. The second kappa shape index (κ2) is 6.92. The molecule has 0 saturated carbocycles. The van der Waals surface area contributed by atoms with Gasteiger partial charge in [0.05, 0.1) is 48.3 Å². The summed E-state index contributed by atoms with van der Waals surface area (Å²) in [5.74, 6) is 1.04. The van der Waals surface area contributed by atoms with E-state index in [9.17, 15) is 0 Å². The quantitative estimate of drug-likeness (QED) is 0.434. The van der Waals surface area contributed by atoms with Crippen LogP contribution in [0.2, 0.25) is 5.02 Å². The van der Waals surface area contributed by atoms with Crippen LogP contribution in [-0.2, 0) is 11.2 Å². The summed E-state index contributed by atoms with van der Waals surface area (Å²) in [5.41, 5.74) is 5.09. The van der Waals surface area contributed by atoms with E-state index >= 15 is 0 Å². The molecule has 0 saturated heterocycles. The van der Waals surface area contributed by atoms with Crippen LogP contribution in [0.3, 0.4) is 0 Å². The molecule has 0 bridgehead atoms. The lowest BCUT2D eigenvalue weighted by atomic mass is 10.2. The molecule has 2 aliphatic heterocycles. The first kappa shape index (κ1) is 18.1. The van der Waals surface area contributed by atoms with Gasteiger partial charge in [-0.15, -0.1) is 5.10 Å². The number of hydrogen-bond donors (Lipinski definition) is 0. The minimum Gasteiger partial charge on any atom is -0.481 e. The van der Waals surface area contributed by atoms with Crippen molar-refractivity contribution in [1.82, 2.24) is 29.5 Å². The highest BCUT2D eigenvalue weighted by atomic mass is 35.5. The maximum absolute atomic E-state index is 6.25. The molecule has 1 atom stereocenters. The zero-order chi connectivity index (χ0) is 20.9. The maximum Gasteiger partial charge on any atom is 0.238 e. The molecule has 1 unspecified atom stereocenters. The number of nitrogens with zero attached hydrogens (tertiary/aromatic N) is 7. The predicted molar refractivity (Wildman–Crippen MR) is 112 cm³/mol. The number of benzene rings is 1. The lowest BCUT2D eigenvalue weighted by Crippen LogP contribution is -2.11. The number of pyridine rings is 1. The summed E-state index contributed by atoms with van der Waals surface area (Å²) in [5, 5.41) is 8.96. The molecule has 4 aromatic rings. The third-order valence-electron chi connectivity index (χ3n) is 5.40. The van der Waals surface area contributed by atoms with Gasteiger partial charge < -0.3 is 9.47 Å². The number of imidazole rings is 1. The zero-order valence-corrected chi connectivity index (χ0v) is 17.2. The van der Waals surface area contributed by atoms with E-state index in [1.807, 2.05) is 34.9 Å². The highest BCUT2D eigenvalue weighted by Gasteiger charge is 2.30. The van der Waals surface area contributed by atoms with E-state index < -0.39 is 0 Å². The normalized spacial score (nSPS) is 16.6. The van der Waals surface area contributed by atoms with Gasteiger partial charge in [0.25, 0.3) is 0 Å². The van der Waals surface area contributed by atoms with Crippen molar-refractivity contribution in [3.05, 3.63) is 76.7 Å². The van der Waals surface area contributed by atoms with Crippen molar-refractivity contribution >= 4 is 17.5 Å². The molecule has 0 spiro atoms. The monoisotopic (exact) mass is 433 g/mol. The highest BCUT2D eigenvalue weighted by Crippen LogP contribution is 2.32. The van der Waals surface area contributed by atoms with Crippen molar-refractivity contribution in [3.63, 3.8) is 0 Å². The van der Waals surface area contributed by atoms with Gasteiger partial charge in [-0.05, 0) is 24.3 Å². The van der Waals surface area contributed by atoms with Crippen LogP contribution in [0, 0.1) is 0 Å². The molecule has 10 heteroatoms. The molecule has 9 nitrogen and oxygen atoms in total. The molecular formula is C21H16ClN7O2. The molecule has 5 heterocycles. The third kappa shape index (κ3) is 2.89. The van der Waals surface area contributed by atoms with Gasteiger partial charge in [0.15, 0.2) is 6.10 Å². The number of hydrogen-bond acceptors (Lipinski definition) is 7. The molecule has 1 aromatic carbocycles. The fourth-order valence-electron chi connectivity index (χ4n) is 3.93. The summed E-state index contributed by atoms with van der Waals surface area (Å²) < 4.78 is 15.2. The van der Waals surface area contributed by atoms with Gasteiger partial charge >= 0.3 is 0 Å². The van der Waals surface area contributed by atoms with Crippen LogP contribution in [0.15, 0.2) is 53.9 Å². The highest BCUT2D eigenvalue weighted by molar-refractivity contribution is 6.30. The Morgan fingerprint density at radius 2 is 2.13 bits per heavy atom. The Bertz CT molecular complexity index is 1340. The first-order valence-corrected chi connectivity index (χ1v) is 10.1. The SMILES string of the molecule is COc1cccc(C2CN=C(c3ncn4c3Cc3cnnn3-c3cc(Cl)ccc3-4)O2)n1. The van der Waals surface area contributed by atoms with E-state index in [2.05, 4.69) is 25.3 Å². The molecule has 0 N–H and O–H groups in total. The number of rotatable bonds is 3. The van der Waals surface area contributed by atoms with Gasteiger partial charge in [0.2, 0.25) is 11.8 Å². The van der Waals surface area contributed by atoms with E-state index in [0.717, 1.165) is 28.5 Å². The van der Waals surface area contributed by atoms with Crippen molar-refractivity contribution in [2.75, 3.05) is 13.7 Å². The van der Waals surface area contributed by atoms with Gasteiger partial charge in [-0.3, -0.25) is 4.57 Å². The molecule has 0 aliphatic carbocycles. The number of aromatic nitrogens is 6. The molecule has 0 amide bonds. The lowest BCUT2D eigenvalue weighted by Gasteiger charge is -2.12. The van der Waals surface area contributed by atoms with Gasteiger partial charge in [-0.2, -0.15) is 0 Å². The Labute approximate surface area is 181 Å². The minimum atomic E-state index is -0.286. The van der Waals surface area contributed by atoms with Crippen molar-refractivity contribution < 1.29 is 9.47 Å². The van der Waals surface area contributed by atoms with E-state index in [1.165, 1.54) is 0 Å². The summed E-state index contributed by atoms with van der Waals surface area (Å²) in [6, 6.07) is 11.3. The molecule has 31 heavy (non-hydrogen) atoms. The topological polar surface area (TPSA) is 92.2 Å². The first-order valence-electron chi connectivity index (χ1n) is 9.70. The second-order valence-electron chi connectivity index (χ2n) is 7.21. The Balaban J connectivity index is 1.39. The van der Waals surface area contributed by atoms with E-state index in [0.29, 0.717) is 35.5 Å². The molecular weight excluding hydrogens is 418 g/mol. The Hall–Kier alpha value is -3.72. The van der Waals surface area contributed by atoms with Gasteiger partial charge in [0, 0.05) is 17.5 Å². The molecule has 0 radical (unpaired) electrons. The predicted octanol–water partition coefficient (Wildman–Crippen LogP) is 2.93. The number of ether oxygens (including phenoxy) is 2. The largest absolute Gasteiger partial charge is 0.481 e. The Morgan fingerprint density at radius 1 is 1.19 bits per heavy atom. The average molecular weight is 434 g/mol. The van der Waals surface area contributed by atoms with Crippen molar-refractivity contribution in [2.45, 2.75) is 12.5 Å². The summed E-state index contributed by atoms with van der Waals surface area (Å²) >= 11 is 6.25. The van der Waals surface area contributed by atoms with Crippen LogP contribution < -0.4 is 4.74 Å². The Morgan fingerprint density at radius 3 is 3.03 bits per heavy atom. The lowest BCUT2D eigenvalue weighted by molar-refractivity contribution is 0.223. The molecule has 2 aliphatic rings. The summed E-state index contributed by atoms with van der Waals surface area (Å²) in [6.45, 7) is 0.466. The van der Waals surface area contributed by atoms with Crippen LogP contribution in [-0.4, -0.2) is 49.1 Å². The molecule has 154 valence electrons. The van der Waals surface area contributed by atoms with Crippen LogP contribution in [0.5, 0.6) is 5.88 Å². The van der Waals surface area contributed by atoms with Gasteiger partial charge in [-0.25, -0.2) is 19.6 Å². The second-order valence-corrected chi connectivity index (χ2v) is 7.65. The van der Waals surface area contributed by atoms with Crippen molar-refractivity contribution in [2.24, 2.45) is 4.99 Å². The van der Waals surface area contributed by atoms with Crippen molar-refractivity contribution in [3.8, 4) is 17.3 Å². The summed E-state index contributed by atoms with van der Waals surface area (Å²) in [6.07, 6.45) is 3.81. The standard InChI is InChI=1S/C21H16ClN7O2/c1-30-19-4-2-3-14(26-19)18-10-23-21(31-18)20-17-8-13-9-25-27-29(13)16-7-12(22)5-6-15(16)28(17)11-24-20/h2-7,9,11,18H,8,10H2,1H3. The van der Waals surface area contributed by atoms with Crippen LogP contribution in [0.25, 0.3) is 11.4 Å². The van der Waals surface area contributed by atoms with Crippen LogP contribution >= 0.6 is 11.6 Å². The summed E-state index contributed by atoms with van der Waals surface area (Å²) in [4.78, 5) is 13.7. The fraction of sp³-hybridized carbons (Fsp3) is 0.190. The smallest absolute Gasteiger partial charge is 0.238 e. The molecule has 3 aromatic heterocycles. The van der Waals surface area contributed by atoms with E-state index in [1.54, 1.807) is 30.4 Å². The first-order chi connectivity index (χ1) is 15.2. The minimum absolute atomic E-state index is 0.286. The van der Waals surface area contributed by atoms with E-state index in [4.69, 9.17) is 21.1 Å². The van der Waals surface area contributed by atoms with Gasteiger partial charge in [0.1, 0.15) is 12.0 Å². The number of aliphatic imine (C=N–C) groups is 1.